The monoisotopic (exact) mass is 287 g/mol. The van der Waals surface area contributed by atoms with E-state index in [1.54, 1.807) is 21.3 Å². The lowest BCUT2D eigenvalue weighted by Crippen LogP contribution is -2.12. The van der Waals surface area contributed by atoms with Gasteiger partial charge in [0.15, 0.2) is 11.5 Å². The fraction of sp³-hybridized carbons (Fsp3) is 0.294. The van der Waals surface area contributed by atoms with E-state index in [1.807, 2.05) is 36.4 Å². The van der Waals surface area contributed by atoms with Crippen molar-refractivity contribution in [1.29, 1.82) is 0 Å². The summed E-state index contributed by atoms with van der Waals surface area (Å²) >= 11 is 0. The van der Waals surface area contributed by atoms with Gasteiger partial charge in [-0.25, -0.2) is 0 Å². The SMILES string of the molecule is COc1cc(C(N)c2ccc(C)cc2)cc(OC)c1OC. The standard InChI is InChI=1S/C17H21NO3/c1-11-5-7-12(8-6-11)16(18)13-9-14(19-2)17(21-4)15(10-13)20-3/h5-10,16H,18H2,1-4H3. The Balaban J connectivity index is 2.45. The van der Waals surface area contributed by atoms with Crippen molar-refractivity contribution in [1.82, 2.24) is 0 Å². The molecule has 0 bridgehead atoms. The summed E-state index contributed by atoms with van der Waals surface area (Å²) in [6.45, 7) is 2.05. The number of hydrogen-bond donors (Lipinski definition) is 1. The Kier molecular flexibility index (Phi) is 4.70. The van der Waals surface area contributed by atoms with Crippen LogP contribution < -0.4 is 19.9 Å². The third-order valence-corrected chi connectivity index (χ3v) is 3.48. The van der Waals surface area contributed by atoms with E-state index in [0.29, 0.717) is 17.2 Å². The zero-order chi connectivity index (χ0) is 15.4. The van der Waals surface area contributed by atoms with Crippen LogP contribution in [0.25, 0.3) is 0 Å². The molecule has 112 valence electrons. The molecule has 0 saturated carbocycles. The average Bonchev–Trinajstić information content (AvgIpc) is 2.53. The molecule has 0 aliphatic rings. The Morgan fingerprint density at radius 3 is 1.76 bits per heavy atom. The maximum atomic E-state index is 6.35. The van der Waals surface area contributed by atoms with Crippen LogP contribution in [0.15, 0.2) is 36.4 Å². The maximum Gasteiger partial charge on any atom is 0.203 e. The Bertz CT molecular complexity index is 583. The van der Waals surface area contributed by atoms with Gasteiger partial charge in [0.2, 0.25) is 5.75 Å². The third kappa shape index (κ3) is 3.11. The molecular formula is C17H21NO3. The van der Waals surface area contributed by atoms with Crippen molar-refractivity contribution in [2.45, 2.75) is 13.0 Å². The van der Waals surface area contributed by atoms with Crippen LogP contribution in [-0.4, -0.2) is 21.3 Å². The lowest BCUT2D eigenvalue weighted by molar-refractivity contribution is 0.323. The minimum atomic E-state index is -0.251. The number of benzene rings is 2. The van der Waals surface area contributed by atoms with Crippen LogP contribution in [-0.2, 0) is 0 Å². The number of methoxy groups -OCH3 is 3. The van der Waals surface area contributed by atoms with E-state index in [1.165, 1.54) is 5.56 Å². The van der Waals surface area contributed by atoms with Crippen LogP contribution in [0.4, 0.5) is 0 Å². The number of hydrogen-bond acceptors (Lipinski definition) is 4. The normalized spacial score (nSPS) is 11.9. The van der Waals surface area contributed by atoms with Crippen molar-refractivity contribution in [3.63, 3.8) is 0 Å². The molecule has 2 aromatic carbocycles. The summed E-state index contributed by atoms with van der Waals surface area (Å²) in [4.78, 5) is 0. The van der Waals surface area contributed by atoms with Gasteiger partial charge in [-0.1, -0.05) is 29.8 Å². The fourth-order valence-electron chi connectivity index (χ4n) is 2.25. The zero-order valence-corrected chi connectivity index (χ0v) is 12.8. The molecule has 4 nitrogen and oxygen atoms in total. The van der Waals surface area contributed by atoms with E-state index in [2.05, 4.69) is 6.92 Å². The first-order chi connectivity index (χ1) is 10.1. The van der Waals surface area contributed by atoms with Gasteiger partial charge in [0.05, 0.1) is 27.4 Å². The van der Waals surface area contributed by atoms with Crippen molar-refractivity contribution in [3.05, 3.63) is 53.1 Å². The molecule has 1 unspecified atom stereocenters. The Hall–Kier alpha value is -2.20. The summed E-state index contributed by atoms with van der Waals surface area (Å²) in [5, 5.41) is 0. The van der Waals surface area contributed by atoms with E-state index >= 15 is 0 Å². The fourth-order valence-corrected chi connectivity index (χ4v) is 2.25. The molecule has 0 fully saturated rings. The smallest absolute Gasteiger partial charge is 0.203 e. The number of nitrogens with two attached hydrogens (primary N) is 1. The van der Waals surface area contributed by atoms with E-state index < -0.39 is 0 Å². The van der Waals surface area contributed by atoms with Gasteiger partial charge in [0, 0.05) is 0 Å². The molecule has 0 aromatic heterocycles. The van der Waals surface area contributed by atoms with Crippen molar-refractivity contribution < 1.29 is 14.2 Å². The van der Waals surface area contributed by atoms with Gasteiger partial charge in [0.1, 0.15) is 0 Å². The zero-order valence-electron chi connectivity index (χ0n) is 12.8. The largest absolute Gasteiger partial charge is 0.493 e. The van der Waals surface area contributed by atoms with Gasteiger partial charge < -0.3 is 19.9 Å². The van der Waals surface area contributed by atoms with Crippen molar-refractivity contribution in [2.24, 2.45) is 5.73 Å². The highest BCUT2D eigenvalue weighted by molar-refractivity contribution is 5.55. The Morgan fingerprint density at radius 2 is 1.33 bits per heavy atom. The van der Waals surface area contributed by atoms with Gasteiger partial charge >= 0.3 is 0 Å². The molecule has 0 aliphatic heterocycles. The highest BCUT2D eigenvalue weighted by Crippen LogP contribution is 2.40. The minimum absolute atomic E-state index is 0.251. The molecule has 2 rings (SSSR count). The van der Waals surface area contributed by atoms with Crippen molar-refractivity contribution in [2.75, 3.05) is 21.3 Å². The molecular weight excluding hydrogens is 266 g/mol. The van der Waals surface area contributed by atoms with Gasteiger partial charge in [-0.05, 0) is 30.2 Å². The molecule has 21 heavy (non-hydrogen) atoms. The Labute approximate surface area is 125 Å². The van der Waals surface area contributed by atoms with Crippen LogP contribution in [0, 0.1) is 6.92 Å². The molecule has 0 saturated heterocycles. The first-order valence-electron chi connectivity index (χ1n) is 6.72. The summed E-state index contributed by atoms with van der Waals surface area (Å²) < 4.78 is 16.1. The first kappa shape index (κ1) is 15.2. The number of rotatable bonds is 5. The highest BCUT2D eigenvalue weighted by Gasteiger charge is 2.17. The molecule has 2 aromatic rings. The summed E-state index contributed by atoms with van der Waals surface area (Å²) in [7, 11) is 4.77. The first-order valence-corrected chi connectivity index (χ1v) is 6.72. The van der Waals surface area contributed by atoms with Crippen LogP contribution in [0.3, 0.4) is 0 Å². The molecule has 2 N–H and O–H groups in total. The number of aryl methyl sites for hydroxylation is 1. The number of ether oxygens (including phenoxy) is 3. The molecule has 0 spiro atoms. The second-order valence-corrected chi connectivity index (χ2v) is 4.85. The summed E-state index contributed by atoms with van der Waals surface area (Å²) in [6, 6.07) is 11.7. The van der Waals surface area contributed by atoms with Crippen LogP contribution in [0.2, 0.25) is 0 Å². The molecule has 1 atom stereocenters. The second-order valence-electron chi connectivity index (χ2n) is 4.85. The molecule has 0 aliphatic carbocycles. The van der Waals surface area contributed by atoms with Gasteiger partial charge in [-0.15, -0.1) is 0 Å². The van der Waals surface area contributed by atoms with Crippen LogP contribution in [0.5, 0.6) is 17.2 Å². The predicted octanol–water partition coefficient (Wildman–Crippen LogP) is 3.07. The summed E-state index contributed by atoms with van der Waals surface area (Å²) in [5.74, 6) is 1.78. The molecule has 0 heterocycles. The van der Waals surface area contributed by atoms with Crippen molar-refractivity contribution in [3.8, 4) is 17.2 Å². The molecule has 4 heteroatoms. The quantitative estimate of drug-likeness (QED) is 0.918. The third-order valence-electron chi connectivity index (χ3n) is 3.48. The summed E-state index contributed by atoms with van der Waals surface area (Å²) in [5.41, 5.74) is 9.51. The van der Waals surface area contributed by atoms with Crippen molar-refractivity contribution >= 4 is 0 Å². The predicted molar refractivity (Wildman–Crippen MR) is 83.3 cm³/mol. The van der Waals surface area contributed by atoms with E-state index in [4.69, 9.17) is 19.9 Å². The van der Waals surface area contributed by atoms with Crippen LogP contribution in [0.1, 0.15) is 22.7 Å². The van der Waals surface area contributed by atoms with Gasteiger partial charge in [-0.3, -0.25) is 0 Å². The Morgan fingerprint density at radius 1 is 0.810 bits per heavy atom. The highest BCUT2D eigenvalue weighted by atomic mass is 16.5. The lowest BCUT2D eigenvalue weighted by atomic mass is 9.98. The lowest BCUT2D eigenvalue weighted by Gasteiger charge is -2.18. The molecule has 0 amide bonds. The van der Waals surface area contributed by atoms with Gasteiger partial charge in [0.25, 0.3) is 0 Å². The van der Waals surface area contributed by atoms with E-state index in [9.17, 15) is 0 Å². The summed E-state index contributed by atoms with van der Waals surface area (Å²) in [6.07, 6.45) is 0. The maximum absolute atomic E-state index is 6.35. The second kappa shape index (κ2) is 6.50. The minimum Gasteiger partial charge on any atom is -0.493 e. The van der Waals surface area contributed by atoms with Gasteiger partial charge in [-0.2, -0.15) is 0 Å². The average molecular weight is 287 g/mol. The van der Waals surface area contributed by atoms with E-state index in [-0.39, 0.29) is 6.04 Å². The topological polar surface area (TPSA) is 53.7 Å². The molecule has 0 radical (unpaired) electrons. The van der Waals surface area contributed by atoms with E-state index in [0.717, 1.165) is 11.1 Å². The van der Waals surface area contributed by atoms with Crippen LogP contribution >= 0.6 is 0 Å².